The first kappa shape index (κ1) is 15.7. The number of hydrogen-bond acceptors (Lipinski definition) is 3. The van der Waals surface area contributed by atoms with E-state index in [1.165, 1.54) is 6.07 Å². The van der Waals surface area contributed by atoms with Gasteiger partial charge < -0.3 is 20.9 Å². The smallest absolute Gasteiger partial charge is 0.321 e. The molecule has 1 aliphatic heterocycles. The summed E-state index contributed by atoms with van der Waals surface area (Å²) in [5.41, 5.74) is 5.75. The first-order valence-corrected chi connectivity index (χ1v) is 7.43. The van der Waals surface area contributed by atoms with Crippen LogP contribution in [0.25, 0.3) is 0 Å². The number of carbonyl (C=O) groups excluding carboxylic acids is 1. The first-order chi connectivity index (χ1) is 10.2. The highest BCUT2D eigenvalue weighted by Gasteiger charge is 2.19. The molecule has 0 aliphatic carbocycles. The van der Waals surface area contributed by atoms with Crippen LogP contribution in [0.4, 0.5) is 14.9 Å². The van der Waals surface area contributed by atoms with E-state index in [0.717, 1.165) is 32.5 Å². The maximum Gasteiger partial charge on any atom is 0.321 e. The van der Waals surface area contributed by atoms with Crippen LogP contribution in [-0.2, 0) is 0 Å². The monoisotopic (exact) mass is 294 g/mol. The van der Waals surface area contributed by atoms with E-state index in [9.17, 15) is 9.18 Å². The second kappa shape index (κ2) is 7.95. The van der Waals surface area contributed by atoms with Crippen molar-refractivity contribution in [3.05, 3.63) is 30.1 Å². The number of carbonyl (C=O) groups is 1. The Morgan fingerprint density at radius 2 is 2.05 bits per heavy atom. The number of nitrogens with one attached hydrogen (secondary N) is 1. The Kier molecular flexibility index (Phi) is 5.95. The molecule has 5 nitrogen and oxygen atoms in total. The fourth-order valence-corrected chi connectivity index (χ4v) is 2.47. The number of halogens is 1. The third-order valence-electron chi connectivity index (χ3n) is 3.67. The number of hydrogen-bond donors (Lipinski definition) is 2. The highest BCUT2D eigenvalue weighted by molar-refractivity contribution is 5.89. The topological polar surface area (TPSA) is 61.6 Å². The van der Waals surface area contributed by atoms with Gasteiger partial charge in [-0.15, -0.1) is 0 Å². The van der Waals surface area contributed by atoms with Crippen molar-refractivity contribution < 1.29 is 9.18 Å². The predicted octanol–water partition coefficient (Wildman–Crippen LogP) is 1.71. The summed E-state index contributed by atoms with van der Waals surface area (Å²) >= 11 is 0. The third kappa shape index (κ3) is 4.68. The van der Waals surface area contributed by atoms with E-state index >= 15 is 0 Å². The lowest BCUT2D eigenvalue weighted by molar-refractivity contribution is 0.211. The number of anilines is 1. The van der Waals surface area contributed by atoms with Crippen molar-refractivity contribution >= 4 is 11.7 Å². The number of amides is 2. The third-order valence-corrected chi connectivity index (χ3v) is 3.67. The van der Waals surface area contributed by atoms with Gasteiger partial charge in [-0.1, -0.05) is 12.1 Å². The molecule has 1 aliphatic rings. The molecule has 3 N–H and O–H groups in total. The highest BCUT2D eigenvalue weighted by Crippen LogP contribution is 2.14. The number of para-hydroxylation sites is 1. The lowest BCUT2D eigenvalue weighted by Gasteiger charge is -2.22. The van der Waals surface area contributed by atoms with Gasteiger partial charge in [-0.05, 0) is 44.6 Å². The molecule has 2 amide bonds. The molecule has 1 aromatic rings. The summed E-state index contributed by atoms with van der Waals surface area (Å²) in [6.45, 7) is 4.83. The molecule has 0 saturated carbocycles. The van der Waals surface area contributed by atoms with E-state index in [1.54, 1.807) is 23.1 Å². The molecule has 0 atom stereocenters. The summed E-state index contributed by atoms with van der Waals surface area (Å²) in [6.07, 6.45) is 1.90. The summed E-state index contributed by atoms with van der Waals surface area (Å²) in [5.74, 6) is -0.412. The van der Waals surface area contributed by atoms with Gasteiger partial charge in [0.1, 0.15) is 5.82 Å². The summed E-state index contributed by atoms with van der Waals surface area (Å²) in [6, 6.07) is 5.98. The minimum atomic E-state index is -0.412. The van der Waals surface area contributed by atoms with Crippen LogP contribution in [0, 0.1) is 5.82 Å². The van der Waals surface area contributed by atoms with Crippen molar-refractivity contribution in [2.24, 2.45) is 5.73 Å². The molecule has 1 saturated heterocycles. The molecule has 2 rings (SSSR count). The normalized spacial score (nSPS) is 16.6. The average Bonchev–Trinajstić information content (AvgIpc) is 2.73. The van der Waals surface area contributed by atoms with Gasteiger partial charge in [0.25, 0.3) is 0 Å². The maximum atomic E-state index is 13.5. The van der Waals surface area contributed by atoms with Gasteiger partial charge in [-0.25, -0.2) is 9.18 Å². The van der Waals surface area contributed by atoms with Crippen LogP contribution in [-0.4, -0.2) is 55.1 Å². The van der Waals surface area contributed by atoms with Crippen molar-refractivity contribution in [3.8, 4) is 0 Å². The van der Waals surface area contributed by atoms with Gasteiger partial charge in [0.2, 0.25) is 0 Å². The molecule has 6 heteroatoms. The lowest BCUT2D eigenvalue weighted by atomic mass is 10.3. The Balaban J connectivity index is 1.87. The van der Waals surface area contributed by atoms with E-state index in [1.807, 2.05) is 0 Å². The first-order valence-electron chi connectivity index (χ1n) is 7.43. The Morgan fingerprint density at radius 1 is 1.24 bits per heavy atom. The molecule has 1 heterocycles. The molecule has 0 bridgehead atoms. The van der Waals surface area contributed by atoms with Crippen LogP contribution in [0.1, 0.15) is 12.8 Å². The van der Waals surface area contributed by atoms with Gasteiger partial charge in [0, 0.05) is 19.6 Å². The zero-order valence-electron chi connectivity index (χ0n) is 12.2. The van der Waals surface area contributed by atoms with E-state index < -0.39 is 5.82 Å². The molecular formula is C15H23FN4O. The molecule has 0 aromatic heterocycles. The van der Waals surface area contributed by atoms with Crippen LogP contribution < -0.4 is 11.1 Å². The van der Waals surface area contributed by atoms with Crippen molar-refractivity contribution in [3.63, 3.8) is 0 Å². The summed E-state index contributed by atoms with van der Waals surface area (Å²) in [7, 11) is 0. The second-order valence-electron chi connectivity index (χ2n) is 5.23. The lowest BCUT2D eigenvalue weighted by Crippen LogP contribution is -2.38. The minimum Gasteiger partial charge on any atom is -0.330 e. The van der Waals surface area contributed by atoms with Crippen LogP contribution in [0.3, 0.4) is 0 Å². The minimum absolute atomic E-state index is 0.228. The van der Waals surface area contributed by atoms with Crippen LogP contribution >= 0.6 is 0 Å². The summed E-state index contributed by atoms with van der Waals surface area (Å²) in [5, 5.41) is 2.64. The van der Waals surface area contributed by atoms with Crippen molar-refractivity contribution in [1.82, 2.24) is 9.80 Å². The van der Waals surface area contributed by atoms with Crippen molar-refractivity contribution in [1.29, 1.82) is 0 Å². The van der Waals surface area contributed by atoms with Gasteiger partial charge in [0.05, 0.1) is 5.69 Å². The van der Waals surface area contributed by atoms with Crippen molar-refractivity contribution in [2.75, 3.05) is 44.6 Å². The van der Waals surface area contributed by atoms with Crippen molar-refractivity contribution in [2.45, 2.75) is 12.8 Å². The van der Waals surface area contributed by atoms with Gasteiger partial charge in [0.15, 0.2) is 0 Å². The molecule has 1 fully saturated rings. The molecule has 0 spiro atoms. The van der Waals surface area contributed by atoms with Gasteiger partial charge in [-0.2, -0.15) is 0 Å². The second-order valence-corrected chi connectivity index (χ2v) is 5.23. The molecule has 0 unspecified atom stereocenters. The van der Waals surface area contributed by atoms with Crippen LogP contribution in [0.5, 0.6) is 0 Å². The zero-order valence-corrected chi connectivity index (χ0v) is 12.2. The molecule has 116 valence electrons. The molecular weight excluding hydrogens is 271 g/mol. The number of benzene rings is 1. The Hall–Kier alpha value is -1.66. The van der Waals surface area contributed by atoms with Gasteiger partial charge in [-0.3, -0.25) is 0 Å². The van der Waals surface area contributed by atoms with Crippen LogP contribution in [0.15, 0.2) is 24.3 Å². The Morgan fingerprint density at radius 3 is 2.81 bits per heavy atom. The van der Waals surface area contributed by atoms with E-state index in [4.69, 9.17) is 5.73 Å². The zero-order chi connectivity index (χ0) is 15.1. The highest BCUT2D eigenvalue weighted by atomic mass is 19.1. The molecule has 0 radical (unpaired) electrons. The van der Waals surface area contributed by atoms with E-state index in [0.29, 0.717) is 19.6 Å². The Bertz CT molecular complexity index is 469. The number of nitrogens with two attached hydrogens (primary N) is 1. The Labute approximate surface area is 124 Å². The van der Waals surface area contributed by atoms with E-state index in [-0.39, 0.29) is 11.7 Å². The maximum absolute atomic E-state index is 13.5. The predicted molar refractivity (Wildman–Crippen MR) is 81.7 cm³/mol. The molecule has 1 aromatic carbocycles. The summed E-state index contributed by atoms with van der Waals surface area (Å²) in [4.78, 5) is 16.3. The largest absolute Gasteiger partial charge is 0.330 e. The van der Waals surface area contributed by atoms with Crippen LogP contribution in [0.2, 0.25) is 0 Å². The van der Waals surface area contributed by atoms with Gasteiger partial charge >= 0.3 is 6.03 Å². The fraction of sp³-hybridized carbons (Fsp3) is 0.533. The summed E-state index contributed by atoms with van der Waals surface area (Å²) < 4.78 is 13.5. The molecule has 21 heavy (non-hydrogen) atoms. The quantitative estimate of drug-likeness (QED) is 0.889. The number of nitrogens with zero attached hydrogens (tertiary/aromatic N) is 2. The average molecular weight is 294 g/mol. The number of rotatable bonds is 4. The standard InChI is InChI=1S/C15H23FN4O/c16-13-5-1-2-6-14(13)18-15(21)20-10-4-9-19(11-12-20)8-3-7-17/h1-2,5-6H,3-4,7-12,17H2,(H,18,21). The number of urea groups is 1. The fourth-order valence-electron chi connectivity index (χ4n) is 2.47. The van der Waals surface area contributed by atoms with E-state index in [2.05, 4.69) is 10.2 Å². The SMILES string of the molecule is NCCCN1CCCN(C(=O)Nc2ccccc2F)CC1.